The fourth-order valence-corrected chi connectivity index (χ4v) is 3.36. The molecule has 0 spiro atoms. The molecular formula is C20H19BrN4O3. The molecule has 28 heavy (non-hydrogen) atoms. The Kier molecular flexibility index (Phi) is 5.89. The van der Waals surface area contributed by atoms with E-state index in [1.54, 1.807) is 54.5 Å². The highest BCUT2D eigenvalue weighted by molar-refractivity contribution is 9.10. The SMILES string of the molecule is COC(=O)C(C)N(C(=O)c1cc(-n2cccn2)ccn1)c1ccc(Br)cc1C. The van der Waals surface area contributed by atoms with E-state index in [9.17, 15) is 9.59 Å². The van der Waals surface area contributed by atoms with Crippen LogP contribution in [0.3, 0.4) is 0 Å². The summed E-state index contributed by atoms with van der Waals surface area (Å²) in [5.41, 5.74) is 2.34. The molecule has 7 nitrogen and oxygen atoms in total. The second kappa shape index (κ2) is 8.35. The van der Waals surface area contributed by atoms with Crippen molar-refractivity contribution >= 4 is 33.5 Å². The molecule has 0 bridgehead atoms. The number of carbonyl (C=O) groups excluding carboxylic acids is 2. The molecule has 8 heteroatoms. The van der Waals surface area contributed by atoms with E-state index >= 15 is 0 Å². The number of benzene rings is 1. The van der Waals surface area contributed by atoms with Crippen LogP contribution < -0.4 is 4.90 Å². The Morgan fingerprint density at radius 1 is 1.21 bits per heavy atom. The minimum atomic E-state index is -0.826. The largest absolute Gasteiger partial charge is 0.467 e. The molecule has 0 fully saturated rings. The van der Waals surface area contributed by atoms with Crippen LogP contribution in [0.2, 0.25) is 0 Å². The number of aryl methyl sites for hydroxylation is 1. The van der Waals surface area contributed by atoms with E-state index in [-0.39, 0.29) is 5.69 Å². The Bertz CT molecular complexity index is 1000. The normalized spacial score (nSPS) is 11.7. The summed E-state index contributed by atoms with van der Waals surface area (Å²) < 4.78 is 7.39. The number of rotatable bonds is 5. The highest BCUT2D eigenvalue weighted by atomic mass is 79.9. The number of ether oxygens (including phenoxy) is 1. The average molecular weight is 443 g/mol. The number of anilines is 1. The third kappa shape index (κ3) is 3.96. The zero-order valence-electron chi connectivity index (χ0n) is 15.7. The number of carbonyl (C=O) groups is 2. The molecule has 0 aliphatic rings. The van der Waals surface area contributed by atoms with Crippen LogP contribution in [0, 0.1) is 6.92 Å². The molecule has 0 N–H and O–H groups in total. The average Bonchev–Trinajstić information content (AvgIpc) is 3.24. The molecule has 3 rings (SSSR count). The van der Waals surface area contributed by atoms with Gasteiger partial charge in [0.25, 0.3) is 5.91 Å². The first kappa shape index (κ1) is 19.8. The number of hydrogen-bond acceptors (Lipinski definition) is 5. The molecule has 1 aromatic carbocycles. The maximum Gasteiger partial charge on any atom is 0.328 e. The summed E-state index contributed by atoms with van der Waals surface area (Å²) >= 11 is 3.42. The number of nitrogens with zero attached hydrogens (tertiary/aromatic N) is 4. The van der Waals surface area contributed by atoms with Crippen molar-refractivity contribution in [3.8, 4) is 5.69 Å². The van der Waals surface area contributed by atoms with Crippen LogP contribution in [0.15, 0.2) is 59.5 Å². The van der Waals surface area contributed by atoms with E-state index in [1.165, 1.54) is 12.0 Å². The molecule has 1 atom stereocenters. The Labute approximate surface area is 171 Å². The first-order chi connectivity index (χ1) is 13.4. The van der Waals surface area contributed by atoms with Gasteiger partial charge in [-0.05, 0) is 55.8 Å². The molecule has 3 aromatic rings. The Balaban J connectivity index is 2.06. The second-order valence-electron chi connectivity index (χ2n) is 6.16. The molecule has 0 aliphatic carbocycles. The number of aromatic nitrogens is 3. The van der Waals surface area contributed by atoms with E-state index < -0.39 is 17.9 Å². The standard InChI is InChI=1S/C20H19BrN4O3/c1-13-11-15(21)5-6-18(13)25(14(2)20(27)28-3)19(26)17-12-16(7-9-22-17)24-10-4-8-23-24/h4-12,14H,1-3H3. The van der Waals surface area contributed by atoms with Crippen molar-refractivity contribution in [2.24, 2.45) is 0 Å². The molecular weight excluding hydrogens is 424 g/mol. The van der Waals surface area contributed by atoms with Gasteiger partial charge in [-0.2, -0.15) is 5.10 Å². The van der Waals surface area contributed by atoms with Gasteiger partial charge in [0, 0.05) is 28.8 Å². The van der Waals surface area contributed by atoms with Crippen LogP contribution >= 0.6 is 15.9 Å². The third-order valence-electron chi connectivity index (χ3n) is 4.30. The number of pyridine rings is 1. The minimum Gasteiger partial charge on any atom is -0.467 e. The number of halogens is 1. The lowest BCUT2D eigenvalue weighted by Gasteiger charge is -2.29. The molecule has 0 saturated carbocycles. The number of amides is 1. The van der Waals surface area contributed by atoms with Gasteiger partial charge in [0.15, 0.2) is 0 Å². The quantitative estimate of drug-likeness (QED) is 0.564. The number of esters is 1. The van der Waals surface area contributed by atoms with Crippen molar-refractivity contribution in [2.75, 3.05) is 12.0 Å². The second-order valence-corrected chi connectivity index (χ2v) is 7.07. The van der Waals surface area contributed by atoms with Crippen LogP contribution in [0.25, 0.3) is 5.69 Å². The maximum absolute atomic E-state index is 13.4. The van der Waals surface area contributed by atoms with E-state index in [2.05, 4.69) is 26.0 Å². The van der Waals surface area contributed by atoms with E-state index in [4.69, 9.17) is 4.74 Å². The van der Waals surface area contributed by atoms with Gasteiger partial charge in [0.1, 0.15) is 11.7 Å². The summed E-state index contributed by atoms with van der Waals surface area (Å²) in [7, 11) is 1.30. The summed E-state index contributed by atoms with van der Waals surface area (Å²) in [4.78, 5) is 31.2. The highest BCUT2D eigenvalue weighted by Crippen LogP contribution is 2.27. The smallest absolute Gasteiger partial charge is 0.328 e. The fraction of sp³-hybridized carbons (Fsp3) is 0.200. The van der Waals surface area contributed by atoms with Crippen LogP contribution in [0.4, 0.5) is 5.69 Å². The van der Waals surface area contributed by atoms with Gasteiger partial charge in [-0.1, -0.05) is 15.9 Å². The summed E-state index contributed by atoms with van der Waals surface area (Å²) in [5.74, 6) is -0.920. The number of hydrogen-bond donors (Lipinski definition) is 0. The minimum absolute atomic E-state index is 0.200. The summed E-state index contributed by atoms with van der Waals surface area (Å²) in [6.45, 7) is 3.50. The first-order valence-corrected chi connectivity index (χ1v) is 9.35. The van der Waals surface area contributed by atoms with Crippen molar-refractivity contribution in [1.29, 1.82) is 0 Å². The fourth-order valence-electron chi connectivity index (χ4n) is 2.88. The number of methoxy groups -OCH3 is 1. The van der Waals surface area contributed by atoms with E-state index in [0.717, 1.165) is 10.0 Å². The molecule has 1 amide bonds. The van der Waals surface area contributed by atoms with Gasteiger partial charge in [0.2, 0.25) is 0 Å². The highest BCUT2D eigenvalue weighted by Gasteiger charge is 2.31. The Hall–Kier alpha value is -3.00. The summed E-state index contributed by atoms with van der Waals surface area (Å²) in [5, 5.41) is 4.18. The van der Waals surface area contributed by atoms with Gasteiger partial charge < -0.3 is 4.74 Å². The van der Waals surface area contributed by atoms with Crippen LogP contribution in [0.5, 0.6) is 0 Å². The first-order valence-electron chi connectivity index (χ1n) is 8.56. The molecule has 0 aliphatic heterocycles. The van der Waals surface area contributed by atoms with Gasteiger partial charge in [-0.25, -0.2) is 9.48 Å². The molecule has 0 radical (unpaired) electrons. The predicted molar refractivity (Wildman–Crippen MR) is 109 cm³/mol. The van der Waals surface area contributed by atoms with Crippen LogP contribution in [0.1, 0.15) is 23.0 Å². The van der Waals surface area contributed by atoms with Crippen LogP contribution in [-0.4, -0.2) is 39.8 Å². The van der Waals surface area contributed by atoms with Gasteiger partial charge in [-0.15, -0.1) is 0 Å². The van der Waals surface area contributed by atoms with Crippen molar-refractivity contribution in [3.05, 3.63) is 70.7 Å². The molecule has 0 saturated heterocycles. The lowest BCUT2D eigenvalue weighted by Crippen LogP contribution is -2.44. The van der Waals surface area contributed by atoms with Gasteiger partial charge >= 0.3 is 5.97 Å². The van der Waals surface area contributed by atoms with Gasteiger partial charge in [-0.3, -0.25) is 14.7 Å². The molecule has 2 aromatic heterocycles. The van der Waals surface area contributed by atoms with Crippen molar-refractivity contribution in [1.82, 2.24) is 14.8 Å². The monoisotopic (exact) mass is 442 g/mol. The molecule has 2 heterocycles. The maximum atomic E-state index is 13.4. The predicted octanol–water partition coefficient (Wildman–Crippen LogP) is 3.55. The zero-order chi connectivity index (χ0) is 20.3. The molecule has 144 valence electrons. The van der Waals surface area contributed by atoms with Crippen LogP contribution in [-0.2, 0) is 9.53 Å². The third-order valence-corrected chi connectivity index (χ3v) is 4.79. The molecule has 1 unspecified atom stereocenters. The lowest BCUT2D eigenvalue weighted by molar-refractivity contribution is -0.141. The zero-order valence-corrected chi connectivity index (χ0v) is 17.3. The topological polar surface area (TPSA) is 77.3 Å². The van der Waals surface area contributed by atoms with E-state index in [0.29, 0.717) is 11.4 Å². The Morgan fingerprint density at radius 2 is 2.00 bits per heavy atom. The van der Waals surface area contributed by atoms with Crippen molar-refractivity contribution in [3.63, 3.8) is 0 Å². The van der Waals surface area contributed by atoms with Crippen molar-refractivity contribution in [2.45, 2.75) is 19.9 Å². The summed E-state index contributed by atoms with van der Waals surface area (Å²) in [6.07, 6.45) is 4.97. The van der Waals surface area contributed by atoms with Gasteiger partial charge in [0.05, 0.1) is 12.8 Å². The van der Waals surface area contributed by atoms with E-state index in [1.807, 2.05) is 19.1 Å². The summed E-state index contributed by atoms with van der Waals surface area (Å²) in [6, 6.07) is 9.84. The lowest BCUT2D eigenvalue weighted by atomic mass is 10.1. The van der Waals surface area contributed by atoms with Crippen molar-refractivity contribution < 1.29 is 14.3 Å². The Morgan fingerprint density at radius 3 is 2.64 bits per heavy atom.